The van der Waals surface area contributed by atoms with Gasteiger partial charge in [-0.1, -0.05) is 29.8 Å². The first-order chi connectivity index (χ1) is 25.3. The molecule has 52 heavy (non-hydrogen) atoms. The van der Waals surface area contributed by atoms with Gasteiger partial charge in [0.25, 0.3) is 5.91 Å². The maximum absolute atomic E-state index is 13.1. The Morgan fingerprint density at radius 3 is 2.63 bits per heavy atom. The summed E-state index contributed by atoms with van der Waals surface area (Å²) < 4.78 is 17.8. The number of thioether (sulfide) groups is 1. The molecule has 10 nitrogen and oxygen atoms in total. The fourth-order valence-electron chi connectivity index (χ4n) is 6.08. The highest BCUT2D eigenvalue weighted by atomic mass is 35.5. The fourth-order valence-corrected chi connectivity index (χ4v) is 7.22. The first-order valence-electron chi connectivity index (χ1n) is 18.6. The van der Waals surface area contributed by atoms with Gasteiger partial charge in [-0.05, 0) is 118 Å². The lowest BCUT2D eigenvalue weighted by molar-refractivity contribution is -0.140. The van der Waals surface area contributed by atoms with Crippen molar-refractivity contribution in [1.29, 1.82) is 0 Å². The van der Waals surface area contributed by atoms with Gasteiger partial charge in [-0.2, -0.15) is 0 Å². The van der Waals surface area contributed by atoms with Crippen LogP contribution in [0.15, 0.2) is 65.8 Å². The zero-order valence-corrected chi connectivity index (χ0v) is 31.6. The number of aliphatic hydroxyl groups excluding tert-OH is 2. The van der Waals surface area contributed by atoms with Crippen LogP contribution in [0.4, 0.5) is 4.79 Å². The molecule has 2 aliphatic carbocycles. The number of unbranched alkanes of at least 4 members (excludes halogenated alkanes) is 2. The number of hydrogen-bond donors (Lipinski definition) is 3. The summed E-state index contributed by atoms with van der Waals surface area (Å²) in [5.41, 5.74) is 3.73. The third-order valence-electron chi connectivity index (χ3n) is 9.26. The number of ether oxygens (including phenoxy) is 3. The SMILES string of the molecule is CCOC(=O)NCCCN(CCCCSc1ccc(Cl)c(COC2(c3cnccc3-c3ccccc3OC3CC3)CC2)c1)C(=O)C(O)CCCCO. The van der Waals surface area contributed by atoms with E-state index in [0.29, 0.717) is 69.7 Å². The Morgan fingerprint density at radius 2 is 1.87 bits per heavy atom. The van der Waals surface area contributed by atoms with Crippen LogP contribution in [-0.2, 0) is 26.5 Å². The number of aromatic nitrogens is 1. The Balaban J connectivity index is 1.13. The van der Waals surface area contributed by atoms with Gasteiger partial charge in [0.15, 0.2) is 0 Å². The van der Waals surface area contributed by atoms with Gasteiger partial charge >= 0.3 is 6.09 Å². The van der Waals surface area contributed by atoms with Crippen molar-refractivity contribution in [3.05, 3.63) is 77.1 Å². The van der Waals surface area contributed by atoms with Crippen LogP contribution in [0.1, 0.15) is 82.3 Å². The summed E-state index contributed by atoms with van der Waals surface area (Å²) in [6.07, 6.45) is 10.1. The summed E-state index contributed by atoms with van der Waals surface area (Å²) in [6.45, 7) is 3.74. The Labute approximate surface area is 316 Å². The van der Waals surface area contributed by atoms with Crippen molar-refractivity contribution in [2.45, 2.75) is 100 Å². The molecule has 0 bridgehead atoms. The number of aliphatic hydroxyl groups is 2. The molecule has 0 radical (unpaired) electrons. The minimum Gasteiger partial charge on any atom is -0.490 e. The van der Waals surface area contributed by atoms with Crippen molar-refractivity contribution in [3.63, 3.8) is 0 Å². The Morgan fingerprint density at radius 1 is 1.06 bits per heavy atom. The van der Waals surface area contributed by atoms with Crippen molar-refractivity contribution in [3.8, 4) is 16.9 Å². The average Bonchev–Trinajstić information content (AvgIpc) is 4.10. The second-order valence-corrected chi connectivity index (χ2v) is 15.0. The highest BCUT2D eigenvalue weighted by molar-refractivity contribution is 7.99. The van der Waals surface area contributed by atoms with Crippen molar-refractivity contribution in [1.82, 2.24) is 15.2 Å². The van der Waals surface area contributed by atoms with E-state index in [-0.39, 0.29) is 12.5 Å². The lowest BCUT2D eigenvalue weighted by Gasteiger charge is -2.25. The molecule has 2 saturated carbocycles. The van der Waals surface area contributed by atoms with E-state index in [1.54, 1.807) is 23.6 Å². The molecule has 0 saturated heterocycles. The van der Waals surface area contributed by atoms with E-state index in [1.165, 1.54) is 0 Å². The second-order valence-electron chi connectivity index (χ2n) is 13.4. The van der Waals surface area contributed by atoms with E-state index in [9.17, 15) is 14.7 Å². The summed E-state index contributed by atoms with van der Waals surface area (Å²) in [5, 5.41) is 22.9. The number of pyridine rings is 1. The Bertz CT molecular complexity index is 1600. The number of nitrogens with one attached hydrogen (secondary N) is 1. The number of nitrogens with zero attached hydrogens (tertiary/aromatic N) is 2. The molecule has 12 heteroatoms. The third kappa shape index (κ3) is 11.8. The predicted molar refractivity (Wildman–Crippen MR) is 204 cm³/mol. The quantitative estimate of drug-likeness (QED) is 0.0666. The summed E-state index contributed by atoms with van der Waals surface area (Å²) in [6, 6.07) is 16.3. The molecule has 2 aromatic carbocycles. The summed E-state index contributed by atoms with van der Waals surface area (Å²) in [7, 11) is 0. The first-order valence-corrected chi connectivity index (χ1v) is 19.9. The lowest BCUT2D eigenvalue weighted by Crippen LogP contribution is -2.41. The van der Waals surface area contributed by atoms with Crippen LogP contribution >= 0.6 is 23.4 Å². The molecule has 1 atom stereocenters. The Kier molecular flexibility index (Phi) is 15.5. The van der Waals surface area contributed by atoms with Crippen LogP contribution in [0, 0.1) is 0 Å². The van der Waals surface area contributed by atoms with E-state index >= 15 is 0 Å². The lowest BCUT2D eigenvalue weighted by atomic mass is 9.96. The zero-order valence-electron chi connectivity index (χ0n) is 30.1. The first kappa shape index (κ1) is 39.8. The summed E-state index contributed by atoms with van der Waals surface area (Å²) in [4.78, 5) is 31.9. The highest BCUT2D eigenvalue weighted by Gasteiger charge is 2.48. The van der Waals surface area contributed by atoms with Crippen LogP contribution in [-0.4, -0.2) is 82.9 Å². The molecule has 5 rings (SSSR count). The minimum absolute atomic E-state index is 0.0307. The molecular weight excluding hydrogens is 702 g/mol. The number of carbonyl (C=O) groups excluding carboxylic acids is 2. The van der Waals surface area contributed by atoms with Crippen molar-refractivity contribution < 1.29 is 34.0 Å². The van der Waals surface area contributed by atoms with E-state index in [2.05, 4.69) is 28.5 Å². The number of carbonyl (C=O) groups is 2. The molecule has 1 aromatic heterocycles. The molecule has 2 fully saturated rings. The molecule has 1 heterocycles. The smallest absolute Gasteiger partial charge is 0.407 e. The zero-order chi connectivity index (χ0) is 36.8. The molecule has 2 aliphatic rings. The van der Waals surface area contributed by atoms with E-state index in [1.807, 2.05) is 42.7 Å². The van der Waals surface area contributed by atoms with Gasteiger partial charge in [-0.15, -0.1) is 11.8 Å². The fraction of sp³-hybridized carbons (Fsp3) is 0.525. The molecule has 3 N–H and O–H groups in total. The number of alkyl carbamates (subject to hydrolysis) is 1. The minimum atomic E-state index is -1.11. The van der Waals surface area contributed by atoms with Crippen LogP contribution in [0.2, 0.25) is 5.02 Å². The van der Waals surface area contributed by atoms with Crippen LogP contribution in [0.3, 0.4) is 0 Å². The summed E-state index contributed by atoms with van der Waals surface area (Å²) >= 11 is 8.41. The monoisotopic (exact) mass is 753 g/mol. The standard InChI is InChI=1S/C40H52ClN3O7S/c1-2-49-39(48)43-20-9-23-44(38(47)36(46)11-5-7-24-45)22-6-8-25-52-31-15-16-35(41)29(26-31)28-50-40(18-19-40)34-27-42-21-17-32(34)33-10-3-4-12-37(33)51-30-13-14-30/h3-4,10,12,15-17,21,26-27,30,36,45-46H,2,5-9,11,13-14,18-20,22-25,28H2,1H3,(H,43,48). The molecule has 2 amide bonds. The number of amides is 2. The largest absolute Gasteiger partial charge is 0.490 e. The van der Waals surface area contributed by atoms with E-state index in [0.717, 1.165) is 77.2 Å². The number of benzene rings is 2. The van der Waals surface area contributed by atoms with Gasteiger partial charge in [0.1, 0.15) is 11.9 Å². The van der Waals surface area contributed by atoms with Crippen molar-refractivity contribution in [2.75, 3.05) is 38.6 Å². The average molecular weight is 754 g/mol. The van der Waals surface area contributed by atoms with E-state index in [4.69, 9.17) is 30.9 Å². The normalized spacial score (nSPS) is 15.2. The molecule has 282 valence electrons. The second kappa shape index (κ2) is 20.2. The van der Waals surface area contributed by atoms with Gasteiger partial charge in [0, 0.05) is 59.7 Å². The molecular formula is C40H52ClN3O7S. The third-order valence-corrected chi connectivity index (χ3v) is 10.7. The van der Waals surface area contributed by atoms with E-state index < -0.39 is 17.8 Å². The van der Waals surface area contributed by atoms with Crippen molar-refractivity contribution in [2.24, 2.45) is 0 Å². The Hall–Kier alpha value is -3.35. The number of hydrogen-bond acceptors (Lipinski definition) is 9. The maximum Gasteiger partial charge on any atom is 0.407 e. The number of halogens is 1. The maximum atomic E-state index is 13.1. The van der Waals surface area contributed by atoms with Gasteiger partial charge in [-0.25, -0.2) is 4.79 Å². The predicted octanol–water partition coefficient (Wildman–Crippen LogP) is 7.51. The molecule has 3 aromatic rings. The van der Waals surface area contributed by atoms with Gasteiger partial charge in [0.05, 0.1) is 24.9 Å². The molecule has 0 aliphatic heterocycles. The summed E-state index contributed by atoms with van der Waals surface area (Å²) in [5.74, 6) is 1.43. The van der Waals surface area contributed by atoms with Crippen LogP contribution in [0.25, 0.3) is 11.1 Å². The molecule has 0 spiro atoms. The van der Waals surface area contributed by atoms with Crippen LogP contribution < -0.4 is 10.1 Å². The van der Waals surface area contributed by atoms with Crippen molar-refractivity contribution >= 4 is 35.4 Å². The van der Waals surface area contributed by atoms with Gasteiger partial charge in [0.2, 0.25) is 0 Å². The highest BCUT2D eigenvalue weighted by Crippen LogP contribution is 2.53. The van der Waals surface area contributed by atoms with Gasteiger partial charge < -0.3 is 34.6 Å². The molecule has 1 unspecified atom stereocenters. The van der Waals surface area contributed by atoms with Crippen LogP contribution in [0.5, 0.6) is 5.75 Å². The number of para-hydroxylation sites is 1. The van der Waals surface area contributed by atoms with Gasteiger partial charge in [-0.3, -0.25) is 9.78 Å². The topological polar surface area (TPSA) is 130 Å². The number of rotatable bonds is 23.